The van der Waals surface area contributed by atoms with Crippen LogP contribution in [0.15, 0.2) is 48.5 Å². The number of benzene rings is 2. The molecule has 0 spiro atoms. The fourth-order valence-corrected chi connectivity index (χ4v) is 1.97. The van der Waals surface area contributed by atoms with E-state index >= 15 is 0 Å². The molecule has 0 aromatic heterocycles. The van der Waals surface area contributed by atoms with Crippen LogP contribution in [0, 0.1) is 9.39 Å². The van der Waals surface area contributed by atoms with Crippen LogP contribution in [0.3, 0.4) is 0 Å². The lowest BCUT2D eigenvalue weighted by molar-refractivity contribution is 0.210. The maximum absolute atomic E-state index is 13.2. The molecule has 0 atom stereocenters. The van der Waals surface area contributed by atoms with Gasteiger partial charge in [0.2, 0.25) is 0 Å². The second-order valence-corrected chi connectivity index (χ2v) is 4.72. The Bertz CT molecular complexity index is 469. The molecule has 2 aromatic carbocycles. The van der Waals surface area contributed by atoms with Gasteiger partial charge in [-0.2, -0.15) is 0 Å². The van der Waals surface area contributed by atoms with Gasteiger partial charge in [0, 0.05) is 0 Å². The Balaban J connectivity index is 1.80. The fourth-order valence-electron chi connectivity index (χ4n) is 1.43. The van der Waals surface area contributed by atoms with Crippen molar-refractivity contribution in [1.82, 2.24) is 0 Å². The predicted octanol–water partition coefficient (Wildman–Crippen LogP) is 3.89. The highest BCUT2D eigenvalue weighted by atomic mass is 127. The van der Waals surface area contributed by atoms with Gasteiger partial charge in [0.1, 0.15) is 19.0 Å². The summed E-state index contributed by atoms with van der Waals surface area (Å²) in [5, 5.41) is 0. The zero-order valence-corrected chi connectivity index (χ0v) is 11.8. The molecule has 0 aliphatic carbocycles. The standard InChI is InChI=1S/C14H12FIO2/c15-11-5-1-3-7-13(11)17-9-10-18-14-8-4-2-6-12(14)16/h1-8H,9-10H2. The highest BCUT2D eigenvalue weighted by Gasteiger charge is 2.02. The van der Waals surface area contributed by atoms with Gasteiger partial charge in [-0.25, -0.2) is 4.39 Å². The van der Waals surface area contributed by atoms with Gasteiger partial charge in [-0.05, 0) is 46.9 Å². The average molecular weight is 358 g/mol. The molecule has 0 aliphatic heterocycles. The smallest absolute Gasteiger partial charge is 0.165 e. The largest absolute Gasteiger partial charge is 0.489 e. The quantitative estimate of drug-likeness (QED) is 0.597. The molecule has 18 heavy (non-hydrogen) atoms. The summed E-state index contributed by atoms with van der Waals surface area (Å²) in [4.78, 5) is 0. The third-order valence-electron chi connectivity index (χ3n) is 2.27. The fraction of sp³-hybridized carbons (Fsp3) is 0.143. The maximum atomic E-state index is 13.2. The van der Waals surface area contributed by atoms with Crippen LogP contribution in [-0.2, 0) is 0 Å². The Morgan fingerprint density at radius 1 is 0.833 bits per heavy atom. The molecule has 0 aliphatic rings. The Kier molecular flexibility index (Phi) is 4.81. The van der Waals surface area contributed by atoms with Gasteiger partial charge >= 0.3 is 0 Å². The first-order chi connectivity index (χ1) is 8.77. The normalized spacial score (nSPS) is 10.1. The molecule has 0 saturated heterocycles. The van der Waals surface area contributed by atoms with E-state index in [4.69, 9.17) is 9.47 Å². The first-order valence-electron chi connectivity index (χ1n) is 5.52. The van der Waals surface area contributed by atoms with Gasteiger partial charge < -0.3 is 9.47 Å². The van der Waals surface area contributed by atoms with Gasteiger partial charge in [0.15, 0.2) is 11.6 Å². The molecule has 0 saturated carbocycles. The topological polar surface area (TPSA) is 18.5 Å². The number of para-hydroxylation sites is 2. The zero-order valence-electron chi connectivity index (χ0n) is 9.61. The summed E-state index contributed by atoms with van der Waals surface area (Å²) >= 11 is 2.20. The summed E-state index contributed by atoms with van der Waals surface area (Å²) in [5.74, 6) is 0.714. The molecule has 0 amide bonds. The van der Waals surface area contributed by atoms with E-state index in [1.807, 2.05) is 24.3 Å². The van der Waals surface area contributed by atoms with Crippen LogP contribution in [0.1, 0.15) is 0 Å². The summed E-state index contributed by atoms with van der Waals surface area (Å²) < 4.78 is 25.1. The number of rotatable bonds is 5. The predicted molar refractivity (Wildman–Crippen MR) is 76.5 cm³/mol. The van der Waals surface area contributed by atoms with Crippen LogP contribution in [-0.4, -0.2) is 13.2 Å². The molecule has 4 heteroatoms. The van der Waals surface area contributed by atoms with E-state index in [0.29, 0.717) is 13.2 Å². The van der Waals surface area contributed by atoms with Crippen molar-refractivity contribution in [3.05, 3.63) is 57.9 Å². The summed E-state index contributed by atoms with van der Waals surface area (Å²) in [6, 6.07) is 14.1. The van der Waals surface area contributed by atoms with E-state index in [-0.39, 0.29) is 11.6 Å². The first kappa shape index (κ1) is 13.1. The average Bonchev–Trinajstić information content (AvgIpc) is 2.38. The molecule has 0 fully saturated rings. The Morgan fingerprint density at radius 2 is 1.39 bits per heavy atom. The molecule has 0 unspecified atom stereocenters. The van der Waals surface area contributed by atoms with Crippen molar-refractivity contribution >= 4 is 22.6 Å². The van der Waals surface area contributed by atoms with Crippen molar-refractivity contribution in [2.45, 2.75) is 0 Å². The highest BCUT2D eigenvalue weighted by Crippen LogP contribution is 2.19. The summed E-state index contributed by atoms with van der Waals surface area (Å²) in [6.07, 6.45) is 0. The molecule has 2 aromatic rings. The van der Waals surface area contributed by atoms with Crippen molar-refractivity contribution in [2.24, 2.45) is 0 Å². The van der Waals surface area contributed by atoms with E-state index in [0.717, 1.165) is 9.32 Å². The monoisotopic (exact) mass is 358 g/mol. The summed E-state index contributed by atoms with van der Waals surface area (Å²) in [5.41, 5.74) is 0. The number of ether oxygens (including phenoxy) is 2. The van der Waals surface area contributed by atoms with Crippen molar-refractivity contribution in [3.8, 4) is 11.5 Å². The molecular weight excluding hydrogens is 346 g/mol. The molecule has 94 valence electrons. The van der Waals surface area contributed by atoms with Crippen LogP contribution in [0.2, 0.25) is 0 Å². The minimum Gasteiger partial charge on any atom is -0.489 e. The van der Waals surface area contributed by atoms with E-state index < -0.39 is 0 Å². The van der Waals surface area contributed by atoms with E-state index in [1.54, 1.807) is 18.2 Å². The molecular formula is C14H12FIO2. The molecule has 0 N–H and O–H groups in total. The van der Waals surface area contributed by atoms with Gasteiger partial charge in [-0.1, -0.05) is 24.3 Å². The lowest BCUT2D eigenvalue weighted by Gasteiger charge is -2.09. The number of hydrogen-bond donors (Lipinski definition) is 0. The Labute approximate surface area is 119 Å². The van der Waals surface area contributed by atoms with E-state index in [9.17, 15) is 4.39 Å². The van der Waals surface area contributed by atoms with Crippen LogP contribution >= 0.6 is 22.6 Å². The number of halogens is 2. The third-order valence-corrected chi connectivity index (χ3v) is 3.16. The molecule has 2 nitrogen and oxygen atoms in total. The minimum atomic E-state index is -0.355. The van der Waals surface area contributed by atoms with Crippen molar-refractivity contribution < 1.29 is 13.9 Å². The van der Waals surface area contributed by atoms with Crippen LogP contribution in [0.25, 0.3) is 0 Å². The first-order valence-corrected chi connectivity index (χ1v) is 6.60. The number of hydrogen-bond acceptors (Lipinski definition) is 2. The minimum absolute atomic E-state index is 0.254. The second kappa shape index (κ2) is 6.58. The van der Waals surface area contributed by atoms with Crippen LogP contribution in [0.4, 0.5) is 4.39 Å². The summed E-state index contributed by atoms with van der Waals surface area (Å²) in [7, 11) is 0. The van der Waals surface area contributed by atoms with Gasteiger partial charge in [0.25, 0.3) is 0 Å². The van der Waals surface area contributed by atoms with E-state index in [2.05, 4.69) is 22.6 Å². The highest BCUT2D eigenvalue weighted by molar-refractivity contribution is 14.1. The summed E-state index contributed by atoms with van der Waals surface area (Å²) in [6.45, 7) is 0.695. The molecule has 0 heterocycles. The maximum Gasteiger partial charge on any atom is 0.165 e. The van der Waals surface area contributed by atoms with Gasteiger partial charge in [-0.3, -0.25) is 0 Å². The Morgan fingerprint density at radius 3 is 2.06 bits per heavy atom. The molecule has 0 bridgehead atoms. The molecule has 2 rings (SSSR count). The second-order valence-electron chi connectivity index (χ2n) is 3.56. The third kappa shape index (κ3) is 3.60. The van der Waals surface area contributed by atoms with Crippen LogP contribution < -0.4 is 9.47 Å². The Hall–Kier alpha value is -1.30. The van der Waals surface area contributed by atoms with Gasteiger partial charge in [-0.15, -0.1) is 0 Å². The molecule has 0 radical (unpaired) electrons. The SMILES string of the molecule is Fc1ccccc1OCCOc1ccccc1I. The van der Waals surface area contributed by atoms with Crippen molar-refractivity contribution in [3.63, 3.8) is 0 Å². The lowest BCUT2D eigenvalue weighted by Crippen LogP contribution is -2.10. The van der Waals surface area contributed by atoms with Crippen LogP contribution in [0.5, 0.6) is 11.5 Å². The van der Waals surface area contributed by atoms with E-state index in [1.165, 1.54) is 6.07 Å². The van der Waals surface area contributed by atoms with Crippen molar-refractivity contribution in [2.75, 3.05) is 13.2 Å². The van der Waals surface area contributed by atoms with Gasteiger partial charge in [0.05, 0.1) is 3.57 Å². The lowest BCUT2D eigenvalue weighted by atomic mass is 10.3. The zero-order chi connectivity index (χ0) is 12.8. The van der Waals surface area contributed by atoms with Crippen molar-refractivity contribution in [1.29, 1.82) is 0 Å².